The zero-order valence-corrected chi connectivity index (χ0v) is 21.1. The number of carbonyl (C=O) groups excluding carboxylic acids is 2. The van der Waals surface area contributed by atoms with E-state index in [1.54, 1.807) is 16.8 Å². The van der Waals surface area contributed by atoms with Gasteiger partial charge in [-0.15, -0.1) is 0 Å². The quantitative estimate of drug-likeness (QED) is 0.544. The van der Waals surface area contributed by atoms with Crippen LogP contribution in [0.15, 0.2) is 42.5 Å². The number of aryl methyl sites for hydroxylation is 1. The van der Waals surface area contributed by atoms with Crippen LogP contribution < -0.4 is 4.90 Å². The first kappa shape index (κ1) is 23.5. The molecule has 0 saturated carbocycles. The Labute approximate surface area is 205 Å². The molecule has 2 fully saturated rings. The van der Waals surface area contributed by atoms with Gasteiger partial charge in [0.15, 0.2) is 9.84 Å². The van der Waals surface area contributed by atoms with Crippen LogP contribution in [-0.4, -0.2) is 60.0 Å². The first-order chi connectivity index (χ1) is 16.6. The fourth-order valence-corrected chi connectivity index (χ4v) is 7.12. The number of nitrogens with zero attached hydrogens (tertiary/aromatic N) is 4. The molecule has 2 saturated heterocycles. The van der Waals surface area contributed by atoms with E-state index in [9.17, 15) is 18.0 Å². The second-order valence-corrected chi connectivity index (χ2v) is 12.0. The predicted octanol–water partition coefficient (Wildman–Crippen LogP) is 3.02. The van der Waals surface area contributed by atoms with Crippen molar-refractivity contribution in [1.82, 2.24) is 14.7 Å². The third-order valence-corrected chi connectivity index (χ3v) is 9.08. The Morgan fingerprint density at radius 1 is 1.14 bits per heavy atom. The highest BCUT2D eigenvalue weighted by Crippen LogP contribution is 2.33. The molecular formula is C26H30N4O4S. The number of hydrogen-bond donors (Lipinski definition) is 0. The van der Waals surface area contributed by atoms with E-state index in [0.717, 1.165) is 33.4 Å². The van der Waals surface area contributed by atoms with Crippen molar-refractivity contribution in [3.05, 3.63) is 59.4 Å². The van der Waals surface area contributed by atoms with Crippen LogP contribution in [0.4, 0.5) is 5.69 Å². The maximum Gasteiger partial charge on any atom is 0.228 e. The lowest BCUT2D eigenvalue weighted by Crippen LogP contribution is -2.34. The Morgan fingerprint density at radius 2 is 1.89 bits per heavy atom. The highest BCUT2D eigenvalue weighted by molar-refractivity contribution is 7.91. The molecule has 184 valence electrons. The van der Waals surface area contributed by atoms with E-state index in [1.165, 1.54) is 0 Å². The molecule has 8 nitrogen and oxygen atoms in total. The molecule has 0 N–H and O–H groups in total. The second kappa shape index (κ2) is 8.78. The number of hydrogen-bond acceptors (Lipinski definition) is 5. The molecule has 2 atom stereocenters. The molecule has 2 aromatic carbocycles. The van der Waals surface area contributed by atoms with E-state index in [1.807, 2.05) is 61.0 Å². The lowest BCUT2D eigenvalue weighted by Gasteiger charge is -2.22. The topological polar surface area (TPSA) is 92.6 Å². The zero-order chi connectivity index (χ0) is 24.9. The van der Waals surface area contributed by atoms with Crippen molar-refractivity contribution in [2.75, 3.05) is 30.0 Å². The Bertz CT molecular complexity index is 1420. The molecule has 0 radical (unpaired) electrons. The average Bonchev–Trinajstić information content (AvgIpc) is 3.48. The Kier molecular flexibility index (Phi) is 5.91. The summed E-state index contributed by atoms with van der Waals surface area (Å²) in [6.45, 7) is 4.55. The van der Waals surface area contributed by atoms with Gasteiger partial charge in [0.05, 0.1) is 34.8 Å². The van der Waals surface area contributed by atoms with Crippen LogP contribution in [0, 0.1) is 19.8 Å². The molecule has 2 amide bonds. The fourth-order valence-electron chi connectivity index (χ4n) is 5.43. The molecule has 2 aliphatic rings. The monoisotopic (exact) mass is 494 g/mol. The molecule has 9 heteroatoms. The zero-order valence-electron chi connectivity index (χ0n) is 20.3. The highest BCUT2D eigenvalue weighted by Gasteiger charge is 2.37. The van der Waals surface area contributed by atoms with Gasteiger partial charge in [-0.1, -0.05) is 36.4 Å². The van der Waals surface area contributed by atoms with Gasteiger partial charge in [-0.25, -0.2) is 8.42 Å². The summed E-state index contributed by atoms with van der Waals surface area (Å²) >= 11 is 0. The van der Waals surface area contributed by atoms with Crippen LogP contribution in [-0.2, 0) is 26.0 Å². The number of aromatic nitrogens is 2. The Hall–Kier alpha value is -3.20. The molecule has 5 rings (SSSR count). The van der Waals surface area contributed by atoms with Gasteiger partial charge in [0.2, 0.25) is 11.8 Å². The van der Waals surface area contributed by atoms with Crippen LogP contribution in [0.5, 0.6) is 0 Å². The van der Waals surface area contributed by atoms with E-state index in [2.05, 4.69) is 5.10 Å². The van der Waals surface area contributed by atoms with Crippen molar-refractivity contribution < 1.29 is 18.0 Å². The van der Waals surface area contributed by atoms with Gasteiger partial charge >= 0.3 is 0 Å². The second-order valence-electron chi connectivity index (χ2n) is 9.75. The van der Waals surface area contributed by atoms with E-state index in [0.29, 0.717) is 19.5 Å². The van der Waals surface area contributed by atoms with Crippen LogP contribution >= 0.6 is 0 Å². The summed E-state index contributed by atoms with van der Waals surface area (Å²) in [5, 5.41) is 6.67. The maximum absolute atomic E-state index is 13.3. The standard InChI is InChI=1S/C26H30N4O4S/c1-17-23(18(2)30(27-17)21-11-12-35(33,34)16-21)15-28(3)26(32)20-13-25(31)29(14-20)24-10-6-8-19-7-4-5-9-22(19)24/h4-10,20-21H,11-16H2,1-3H3/t20-,21+/m1/s1. The molecule has 35 heavy (non-hydrogen) atoms. The molecule has 1 aromatic heterocycles. The van der Waals surface area contributed by atoms with Crippen LogP contribution in [0.25, 0.3) is 10.8 Å². The summed E-state index contributed by atoms with van der Waals surface area (Å²) in [5.74, 6) is -0.238. The number of sulfone groups is 1. The Balaban J connectivity index is 1.31. The van der Waals surface area contributed by atoms with Gasteiger partial charge in [-0.3, -0.25) is 14.3 Å². The minimum atomic E-state index is -3.02. The van der Waals surface area contributed by atoms with Gasteiger partial charge in [0.25, 0.3) is 0 Å². The average molecular weight is 495 g/mol. The summed E-state index contributed by atoms with van der Waals surface area (Å²) in [4.78, 5) is 29.7. The molecule has 3 heterocycles. The normalized spacial score (nSPS) is 21.7. The van der Waals surface area contributed by atoms with E-state index in [-0.39, 0.29) is 35.8 Å². The van der Waals surface area contributed by atoms with Crippen molar-refractivity contribution in [3.63, 3.8) is 0 Å². The molecule has 0 bridgehead atoms. The summed E-state index contributed by atoms with van der Waals surface area (Å²) < 4.78 is 25.7. The maximum atomic E-state index is 13.3. The van der Waals surface area contributed by atoms with Gasteiger partial charge in [-0.2, -0.15) is 5.10 Å². The third kappa shape index (κ3) is 4.33. The SMILES string of the molecule is Cc1nn([C@H]2CCS(=O)(=O)C2)c(C)c1CN(C)C(=O)[C@@H]1CC(=O)N(c2cccc3ccccc23)C1. The van der Waals surface area contributed by atoms with Crippen molar-refractivity contribution in [1.29, 1.82) is 0 Å². The van der Waals surface area contributed by atoms with Crippen LogP contribution in [0.3, 0.4) is 0 Å². The lowest BCUT2D eigenvalue weighted by atomic mass is 10.1. The highest BCUT2D eigenvalue weighted by atomic mass is 32.2. The van der Waals surface area contributed by atoms with Crippen LogP contribution in [0.2, 0.25) is 0 Å². The summed E-state index contributed by atoms with van der Waals surface area (Å²) in [6.07, 6.45) is 0.746. The van der Waals surface area contributed by atoms with E-state index in [4.69, 9.17) is 0 Å². The fraction of sp³-hybridized carbons (Fsp3) is 0.423. The largest absolute Gasteiger partial charge is 0.341 e. The summed E-state index contributed by atoms with van der Waals surface area (Å²) in [5.41, 5.74) is 3.46. The first-order valence-corrected chi connectivity index (χ1v) is 13.7. The first-order valence-electron chi connectivity index (χ1n) is 11.9. The predicted molar refractivity (Wildman–Crippen MR) is 135 cm³/mol. The number of amides is 2. The molecule has 0 unspecified atom stereocenters. The molecular weight excluding hydrogens is 464 g/mol. The minimum absolute atomic E-state index is 0.0456. The van der Waals surface area contributed by atoms with Crippen molar-refractivity contribution in [3.8, 4) is 0 Å². The molecule has 3 aromatic rings. The van der Waals surface area contributed by atoms with Gasteiger partial charge in [0, 0.05) is 43.2 Å². The number of carbonyl (C=O) groups is 2. The molecule has 2 aliphatic heterocycles. The van der Waals surface area contributed by atoms with Gasteiger partial charge in [0.1, 0.15) is 0 Å². The van der Waals surface area contributed by atoms with E-state index < -0.39 is 15.8 Å². The van der Waals surface area contributed by atoms with Crippen LogP contribution in [0.1, 0.15) is 35.8 Å². The lowest BCUT2D eigenvalue weighted by molar-refractivity contribution is -0.135. The summed E-state index contributed by atoms with van der Waals surface area (Å²) in [6, 6.07) is 13.7. The smallest absolute Gasteiger partial charge is 0.228 e. The van der Waals surface area contributed by atoms with Crippen molar-refractivity contribution in [2.45, 2.75) is 39.3 Å². The van der Waals surface area contributed by atoms with Gasteiger partial charge in [-0.05, 0) is 31.7 Å². The van der Waals surface area contributed by atoms with Crippen molar-refractivity contribution in [2.24, 2.45) is 5.92 Å². The number of fused-ring (bicyclic) bond motifs is 1. The number of benzene rings is 2. The Morgan fingerprint density at radius 3 is 2.63 bits per heavy atom. The molecule has 0 spiro atoms. The minimum Gasteiger partial charge on any atom is -0.341 e. The van der Waals surface area contributed by atoms with Crippen molar-refractivity contribution >= 4 is 38.1 Å². The summed E-state index contributed by atoms with van der Waals surface area (Å²) in [7, 11) is -1.27. The third-order valence-electron chi connectivity index (χ3n) is 7.33. The molecule has 0 aliphatic carbocycles. The number of anilines is 1. The van der Waals surface area contributed by atoms with Gasteiger partial charge < -0.3 is 9.80 Å². The number of rotatable bonds is 5. The van der Waals surface area contributed by atoms with E-state index >= 15 is 0 Å².